The number of esters is 1. The Hall–Kier alpha value is -3.48. The van der Waals surface area contributed by atoms with Crippen molar-refractivity contribution >= 4 is 17.0 Å². The number of aromatic nitrogens is 4. The van der Waals surface area contributed by atoms with Gasteiger partial charge in [-0.05, 0) is 25.8 Å². The number of hydrogen-bond donors (Lipinski definition) is 0. The number of nitrogens with zero attached hydrogens (tertiary/aromatic N) is 4. The molecule has 0 aliphatic heterocycles. The molecule has 0 unspecified atom stereocenters. The summed E-state index contributed by atoms with van der Waals surface area (Å²) in [6.45, 7) is 8.08. The summed E-state index contributed by atoms with van der Waals surface area (Å²) in [5, 5.41) is 5.09. The van der Waals surface area contributed by atoms with Gasteiger partial charge in [-0.3, -0.25) is 0 Å². The van der Waals surface area contributed by atoms with Crippen LogP contribution in [0.5, 0.6) is 0 Å². The van der Waals surface area contributed by atoms with E-state index < -0.39 is 5.97 Å². The standard InChI is InChI=1S/C23H24N4O3/c1-14(2)19-10-17(18-11-25-27(15(3)4)22(18)26-19)23(28)29-13-21-24-12-20(30-21)16-8-6-5-7-9-16/h5-12,14-15H,13H2,1-4H3. The topological polar surface area (TPSA) is 83.0 Å². The second-order valence-electron chi connectivity index (χ2n) is 7.73. The predicted molar refractivity (Wildman–Crippen MR) is 113 cm³/mol. The SMILES string of the molecule is CC(C)c1cc(C(=O)OCc2ncc(-c3ccccc3)o2)c2cnn(C(C)C)c2n1. The summed E-state index contributed by atoms with van der Waals surface area (Å²) in [4.78, 5) is 21.8. The molecular formula is C23H24N4O3. The summed E-state index contributed by atoms with van der Waals surface area (Å²) in [5.74, 6) is 0.686. The van der Waals surface area contributed by atoms with Crippen molar-refractivity contribution in [2.45, 2.75) is 46.3 Å². The van der Waals surface area contributed by atoms with Crippen LogP contribution in [0, 0.1) is 0 Å². The summed E-state index contributed by atoms with van der Waals surface area (Å²) in [6.07, 6.45) is 3.30. The largest absolute Gasteiger partial charge is 0.452 e. The second-order valence-corrected chi connectivity index (χ2v) is 7.73. The Labute approximate surface area is 174 Å². The lowest BCUT2D eigenvalue weighted by atomic mass is 10.1. The predicted octanol–water partition coefficient (Wildman–Crippen LogP) is 5.15. The van der Waals surface area contributed by atoms with E-state index in [0.29, 0.717) is 28.2 Å². The molecule has 0 aliphatic carbocycles. The molecule has 0 radical (unpaired) electrons. The summed E-state index contributed by atoms with van der Waals surface area (Å²) in [7, 11) is 0. The number of benzene rings is 1. The Kier molecular flexibility index (Phi) is 5.35. The minimum absolute atomic E-state index is 0.0508. The highest BCUT2D eigenvalue weighted by Crippen LogP contribution is 2.25. The Morgan fingerprint density at radius 3 is 2.60 bits per heavy atom. The van der Waals surface area contributed by atoms with Crippen LogP contribution in [0.3, 0.4) is 0 Å². The third-order valence-electron chi connectivity index (χ3n) is 4.83. The van der Waals surface area contributed by atoms with E-state index in [9.17, 15) is 4.79 Å². The van der Waals surface area contributed by atoms with Crippen molar-refractivity contribution in [1.29, 1.82) is 0 Å². The number of pyridine rings is 1. The van der Waals surface area contributed by atoms with E-state index in [0.717, 1.165) is 11.3 Å². The second kappa shape index (κ2) is 8.10. The van der Waals surface area contributed by atoms with Crippen LogP contribution in [0.4, 0.5) is 0 Å². The molecule has 0 bridgehead atoms. The van der Waals surface area contributed by atoms with Gasteiger partial charge in [-0.1, -0.05) is 44.2 Å². The number of carbonyl (C=O) groups excluding carboxylic acids is 1. The van der Waals surface area contributed by atoms with E-state index >= 15 is 0 Å². The molecule has 0 fully saturated rings. The Morgan fingerprint density at radius 2 is 1.90 bits per heavy atom. The lowest BCUT2D eigenvalue weighted by Crippen LogP contribution is -2.10. The first-order chi connectivity index (χ1) is 14.4. The van der Waals surface area contributed by atoms with E-state index in [4.69, 9.17) is 14.1 Å². The molecule has 3 aromatic heterocycles. The van der Waals surface area contributed by atoms with Crippen LogP contribution in [0.1, 0.15) is 61.6 Å². The number of ether oxygens (including phenoxy) is 1. The molecule has 0 saturated heterocycles. The maximum Gasteiger partial charge on any atom is 0.339 e. The van der Waals surface area contributed by atoms with Gasteiger partial charge < -0.3 is 9.15 Å². The van der Waals surface area contributed by atoms with Crippen molar-refractivity contribution in [2.24, 2.45) is 0 Å². The zero-order valence-corrected chi connectivity index (χ0v) is 17.5. The molecule has 0 amide bonds. The molecule has 3 heterocycles. The fourth-order valence-corrected chi connectivity index (χ4v) is 3.20. The zero-order chi connectivity index (χ0) is 21.3. The number of oxazole rings is 1. The summed E-state index contributed by atoms with van der Waals surface area (Å²) < 4.78 is 13.1. The van der Waals surface area contributed by atoms with Crippen LogP contribution < -0.4 is 0 Å². The van der Waals surface area contributed by atoms with Crippen molar-refractivity contribution in [3.8, 4) is 11.3 Å². The maximum absolute atomic E-state index is 12.9. The van der Waals surface area contributed by atoms with E-state index in [2.05, 4.69) is 10.1 Å². The number of fused-ring (bicyclic) bond motifs is 1. The molecule has 4 rings (SSSR count). The molecule has 4 aromatic rings. The van der Waals surface area contributed by atoms with Crippen molar-refractivity contribution in [3.05, 3.63) is 65.9 Å². The molecule has 0 spiro atoms. The summed E-state index contributed by atoms with van der Waals surface area (Å²) in [5.41, 5.74) is 2.87. The van der Waals surface area contributed by atoms with Crippen LogP contribution in [-0.2, 0) is 11.3 Å². The average molecular weight is 404 g/mol. The smallest absolute Gasteiger partial charge is 0.339 e. The van der Waals surface area contributed by atoms with Gasteiger partial charge >= 0.3 is 5.97 Å². The van der Waals surface area contributed by atoms with Crippen molar-refractivity contribution < 1.29 is 13.9 Å². The van der Waals surface area contributed by atoms with Crippen molar-refractivity contribution in [3.63, 3.8) is 0 Å². The van der Waals surface area contributed by atoms with Crippen LogP contribution in [0.15, 0.2) is 53.2 Å². The molecule has 154 valence electrons. The van der Waals surface area contributed by atoms with Gasteiger partial charge in [0, 0.05) is 17.3 Å². The first kappa shape index (κ1) is 19.8. The van der Waals surface area contributed by atoms with E-state index in [1.807, 2.05) is 62.7 Å². The highest BCUT2D eigenvalue weighted by molar-refractivity contribution is 6.02. The highest BCUT2D eigenvalue weighted by atomic mass is 16.5. The first-order valence-corrected chi connectivity index (χ1v) is 9.99. The number of rotatable bonds is 6. The normalized spacial score (nSPS) is 11.5. The van der Waals surface area contributed by atoms with E-state index in [1.165, 1.54) is 0 Å². The van der Waals surface area contributed by atoms with Crippen LogP contribution in [-0.4, -0.2) is 25.7 Å². The first-order valence-electron chi connectivity index (χ1n) is 9.99. The highest BCUT2D eigenvalue weighted by Gasteiger charge is 2.20. The molecule has 0 saturated carbocycles. The minimum atomic E-state index is -0.452. The van der Waals surface area contributed by atoms with Gasteiger partial charge in [-0.15, -0.1) is 0 Å². The molecule has 30 heavy (non-hydrogen) atoms. The maximum atomic E-state index is 12.9. The van der Waals surface area contributed by atoms with E-state index in [-0.39, 0.29) is 18.6 Å². The van der Waals surface area contributed by atoms with Gasteiger partial charge in [0.15, 0.2) is 18.0 Å². The lowest BCUT2D eigenvalue weighted by molar-refractivity contribution is 0.0441. The number of carbonyl (C=O) groups is 1. The molecule has 7 nitrogen and oxygen atoms in total. The van der Waals surface area contributed by atoms with Gasteiger partial charge in [-0.25, -0.2) is 19.4 Å². The molecule has 1 aromatic carbocycles. The lowest BCUT2D eigenvalue weighted by Gasteiger charge is -2.11. The van der Waals surface area contributed by atoms with Crippen LogP contribution in [0.2, 0.25) is 0 Å². The van der Waals surface area contributed by atoms with Gasteiger partial charge in [0.1, 0.15) is 0 Å². The van der Waals surface area contributed by atoms with Gasteiger partial charge in [0.2, 0.25) is 5.89 Å². The molecule has 0 atom stereocenters. The molecule has 7 heteroatoms. The van der Waals surface area contributed by atoms with Gasteiger partial charge in [-0.2, -0.15) is 5.10 Å². The van der Waals surface area contributed by atoms with Crippen LogP contribution >= 0.6 is 0 Å². The fraction of sp³-hybridized carbons (Fsp3) is 0.304. The Morgan fingerprint density at radius 1 is 1.13 bits per heavy atom. The summed E-state index contributed by atoms with van der Waals surface area (Å²) in [6, 6.07) is 11.6. The molecular weight excluding hydrogens is 380 g/mol. The third kappa shape index (κ3) is 3.83. The van der Waals surface area contributed by atoms with Gasteiger partial charge in [0.05, 0.1) is 23.3 Å². The van der Waals surface area contributed by atoms with Gasteiger partial charge in [0.25, 0.3) is 0 Å². The minimum Gasteiger partial charge on any atom is -0.452 e. The molecule has 0 aliphatic rings. The molecule has 0 N–H and O–H groups in total. The average Bonchev–Trinajstić information content (AvgIpc) is 3.39. The third-order valence-corrected chi connectivity index (χ3v) is 4.83. The van der Waals surface area contributed by atoms with Crippen molar-refractivity contribution in [2.75, 3.05) is 0 Å². The Bertz CT molecular complexity index is 1180. The Balaban J connectivity index is 1.58. The number of hydrogen-bond acceptors (Lipinski definition) is 6. The fourth-order valence-electron chi connectivity index (χ4n) is 3.20. The monoisotopic (exact) mass is 404 g/mol. The van der Waals surface area contributed by atoms with Crippen LogP contribution in [0.25, 0.3) is 22.4 Å². The van der Waals surface area contributed by atoms with E-state index in [1.54, 1.807) is 18.5 Å². The zero-order valence-electron chi connectivity index (χ0n) is 17.5. The van der Waals surface area contributed by atoms with Crippen molar-refractivity contribution in [1.82, 2.24) is 19.7 Å². The summed E-state index contributed by atoms with van der Waals surface area (Å²) >= 11 is 0. The quantitative estimate of drug-likeness (QED) is 0.413.